The quantitative estimate of drug-likeness (QED) is 0.522. The van der Waals surface area contributed by atoms with Crippen molar-refractivity contribution < 1.29 is 18.8 Å². The van der Waals surface area contributed by atoms with E-state index < -0.39 is 4.92 Å². The lowest BCUT2D eigenvalue weighted by atomic mass is 10.1. The fourth-order valence-corrected chi connectivity index (χ4v) is 2.29. The molecule has 1 aromatic heterocycles. The smallest absolute Gasteiger partial charge is 0.311 e. The van der Waals surface area contributed by atoms with Gasteiger partial charge in [-0.25, -0.2) is 0 Å². The zero-order valence-corrected chi connectivity index (χ0v) is 13.2. The Morgan fingerprint density at radius 1 is 1.26 bits per heavy atom. The van der Waals surface area contributed by atoms with E-state index in [4.69, 9.17) is 13.9 Å². The lowest BCUT2D eigenvalue weighted by molar-refractivity contribution is -0.385. The minimum absolute atomic E-state index is 0.0327. The number of furan rings is 1. The van der Waals surface area contributed by atoms with Crippen LogP contribution in [0.25, 0.3) is 0 Å². The molecule has 124 valence electrons. The highest BCUT2D eigenvalue weighted by Gasteiger charge is 2.17. The van der Waals surface area contributed by atoms with Gasteiger partial charge in [-0.1, -0.05) is 6.07 Å². The number of rotatable bonds is 9. The van der Waals surface area contributed by atoms with Crippen LogP contribution in [0.2, 0.25) is 0 Å². The summed E-state index contributed by atoms with van der Waals surface area (Å²) in [5.41, 5.74) is 0.801. The highest BCUT2D eigenvalue weighted by molar-refractivity contribution is 5.48. The third-order valence-electron chi connectivity index (χ3n) is 3.42. The number of nitro benzene ring substituents is 1. The largest absolute Gasteiger partial charge is 0.490 e. The van der Waals surface area contributed by atoms with Gasteiger partial charge in [0, 0.05) is 26.3 Å². The number of nitro groups is 1. The molecule has 0 saturated carbocycles. The first-order valence-electron chi connectivity index (χ1n) is 7.19. The van der Waals surface area contributed by atoms with Crippen LogP contribution in [-0.2, 0) is 17.8 Å². The maximum absolute atomic E-state index is 11.1. The van der Waals surface area contributed by atoms with Gasteiger partial charge in [0.25, 0.3) is 0 Å². The predicted octanol–water partition coefficient (Wildman–Crippen LogP) is 2.85. The first kappa shape index (κ1) is 17.0. The molecule has 0 bridgehead atoms. The molecule has 2 rings (SSSR count). The second-order valence-corrected chi connectivity index (χ2v) is 5.05. The molecule has 7 nitrogen and oxygen atoms in total. The lowest BCUT2D eigenvalue weighted by Crippen LogP contribution is -2.26. The molecule has 0 N–H and O–H groups in total. The van der Waals surface area contributed by atoms with E-state index in [1.165, 1.54) is 7.11 Å². The molecule has 0 aliphatic carbocycles. The highest BCUT2D eigenvalue weighted by Crippen LogP contribution is 2.28. The van der Waals surface area contributed by atoms with Crippen LogP contribution in [0.5, 0.6) is 5.75 Å². The second-order valence-electron chi connectivity index (χ2n) is 5.05. The molecule has 0 saturated heterocycles. The van der Waals surface area contributed by atoms with Crippen molar-refractivity contribution in [2.45, 2.75) is 13.1 Å². The summed E-state index contributed by atoms with van der Waals surface area (Å²) in [6.45, 7) is 2.42. The van der Waals surface area contributed by atoms with Crippen LogP contribution in [0.1, 0.15) is 11.3 Å². The summed E-state index contributed by atoms with van der Waals surface area (Å²) in [6, 6.07) is 8.72. The third-order valence-corrected chi connectivity index (χ3v) is 3.42. The van der Waals surface area contributed by atoms with Gasteiger partial charge in [0.05, 0.1) is 31.4 Å². The average Bonchev–Trinajstić information content (AvgIpc) is 3.05. The van der Waals surface area contributed by atoms with Crippen molar-refractivity contribution in [3.8, 4) is 5.75 Å². The summed E-state index contributed by atoms with van der Waals surface area (Å²) >= 11 is 0. The first-order valence-corrected chi connectivity index (χ1v) is 7.19. The lowest BCUT2D eigenvalue weighted by Gasteiger charge is -2.21. The number of hydrogen-bond donors (Lipinski definition) is 0. The van der Waals surface area contributed by atoms with E-state index in [1.807, 2.05) is 18.2 Å². The molecule has 0 unspecified atom stereocenters. The molecule has 23 heavy (non-hydrogen) atoms. The van der Waals surface area contributed by atoms with Crippen LogP contribution >= 0.6 is 0 Å². The summed E-state index contributed by atoms with van der Waals surface area (Å²) in [5.74, 6) is 1.09. The Hall–Kier alpha value is -2.38. The van der Waals surface area contributed by atoms with Crippen molar-refractivity contribution in [3.63, 3.8) is 0 Å². The third kappa shape index (κ3) is 4.80. The molecule has 0 spiro atoms. The van der Waals surface area contributed by atoms with Gasteiger partial charge < -0.3 is 13.9 Å². The van der Waals surface area contributed by atoms with Gasteiger partial charge in [0.1, 0.15) is 5.76 Å². The predicted molar refractivity (Wildman–Crippen MR) is 84.3 cm³/mol. The van der Waals surface area contributed by atoms with Gasteiger partial charge in [-0.2, -0.15) is 0 Å². The van der Waals surface area contributed by atoms with Crippen molar-refractivity contribution in [1.29, 1.82) is 0 Å². The number of benzene rings is 1. The molecule has 0 radical (unpaired) electrons. The Morgan fingerprint density at radius 3 is 2.70 bits per heavy atom. The molecular weight excluding hydrogens is 300 g/mol. The fraction of sp³-hybridized carbons (Fsp3) is 0.375. The van der Waals surface area contributed by atoms with Crippen molar-refractivity contribution in [1.82, 2.24) is 4.90 Å². The molecule has 0 aliphatic rings. The Balaban J connectivity index is 2.14. The maximum atomic E-state index is 11.1. The van der Waals surface area contributed by atoms with Gasteiger partial charge in [-0.05, 0) is 23.8 Å². The first-order chi connectivity index (χ1) is 11.1. The summed E-state index contributed by atoms with van der Waals surface area (Å²) in [4.78, 5) is 12.8. The molecule has 1 heterocycles. The number of ether oxygens (including phenoxy) is 2. The van der Waals surface area contributed by atoms with Gasteiger partial charge in [0.2, 0.25) is 0 Å². The molecule has 2 aromatic rings. The molecule has 0 aliphatic heterocycles. The van der Waals surface area contributed by atoms with E-state index >= 15 is 0 Å². The normalized spacial score (nSPS) is 10.9. The number of hydrogen-bond acceptors (Lipinski definition) is 6. The molecular formula is C16H20N2O5. The summed E-state index contributed by atoms with van der Waals surface area (Å²) in [6.07, 6.45) is 1.63. The topological polar surface area (TPSA) is 78.0 Å². The van der Waals surface area contributed by atoms with E-state index in [0.29, 0.717) is 26.2 Å². The maximum Gasteiger partial charge on any atom is 0.311 e. The highest BCUT2D eigenvalue weighted by atomic mass is 16.6. The Morgan fingerprint density at radius 2 is 2.09 bits per heavy atom. The fourth-order valence-electron chi connectivity index (χ4n) is 2.29. The van der Waals surface area contributed by atoms with Gasteiger partial charge in [-0.3, -0.25) is 15.0 Å². The van der Waals surface area contributed by atoms with Gasteiger partial charge in [-0.15, -0.1) is 0 Å². The SMILES string of the molecule is COCCN(Cc1ccc(OC)c([N+](=O)[O-])c1)Cc1ccco1. The minimum Gasteiger partial charge on any atom is -0.490 e. The summed E-state index contributed by atoms with van der Waals surface area (Å²) in [7, 11) is 3.06. The van der Waals surface area contributed by atoms with Crippen LogP contribution in [0.4, 0.5) is 5.69 Å². The van der Waals surface area contributed by atoms with Crippen LogP contribution in [0, 0.1) is 10.1 Å². The Labute approximate surface area is 134 Å². The Kier molecular flexibility index (Phi) is 6.13. The van der Waals surface area contributed by atoms with Crippen LogP contribution in [0.3, 0.4) is 0 Å². The van der Waals surface area contributed by atoms with Gasteiger partial charge >= 0.3 is 5.69 Å². The Bertz CT molecular complexity index is 627. The van der Waals surface area contributed by atoms with E-state index in [-0.39, 0.29) is 11.4 Å². The summed E-state index contributed by atoms with van der Waals surface area (Å²) in [5, 5.41) is 11.1. The van der Waals surface area contributed by atoms with Crippen molar-refractivity contribution in [2.75, 3.05) is 27.4 Å². The van der Waals surface area contributed by atoms with Crippen molar-refractivity contribution in [3.05, 3.63) is 58.0 Å². The molecule has 1 aromatic carbocycles. The molecule has 0 amide bonds. The zero-order valence-electron chi connectivity index (χ0n) is 13.2. The molecule has 0 atom stereocenters. The minimum atomic E-state index is -0.436. The zero-order chi connectivity index (χ0) is 16.7. The van der Waals surface area contributed by atoms with Crippen LogP contribution in [-0.4, -0.2) is 37.2 Å². The van der Waals surface area contributed by atoms with Gasteiger partial charge in [0.15, 0.2) is 5.75 Å². The van der Waals surface area contributed by atoms with Crippen molar-refractivity contribution in [2.24, 2.45) is 0 Å². The second kappa shape index (κ2) is 8.30. The standard InChI is InChI=1S/C16H20N2O5/c1-21-9-7-17(12-14-4-3-8-23-14)11-13-5-6-16(22-2)15(10-13)18(19)20/h3-6,8,10H,7,9,11-12H2,1-2H3. The number of nitrogens with zero attached hydrogens (tertiary/aromatic N) is 2. The monoisotopic (exact) mass is 320 g/mol. The van der Waals surface area contributed by atoms with Crippen LogP contribution < -0.4 is 4.74 Å². The number of methoxy groups -OCH3 is 2. The van der Waals surface area contributed by atoms with E-state index in [9.17, 15) is 10.1 Å². The molecule has 0 fully saturated rings. The average molecular weight is 320 g/mol. The van der Waals surface area contributed by atoms with Crippen molar-refractivity contribution >= 4 is 5.69 Å². The van der Waals surface area contributed by atoms with E-state index in [1.54, 1.807) is 25.5 Å². The van der Waals surface area contributed by atoms with Crippen LogP contribution in [0.15, 0.2) is 41.0 Å². The molecule has 7 heteroatoms. The summed E-state index contributed by atoms with van der Waals surface area (Å²) < 4.78 is 15.5. The van der Waals surface area contributed by atoms with E-state index in [0.717, 1.165) is 11.3 Å². The van der Waals surface area contributed by atoms with E-state index in [2.05, 4.69) is 4.90 Å².